The zero-order valence-corrected chi connectivity index (χ0v) is 9.00. The summed E-state index contributed by atoms with van der Waals surface area (Å²) in [4.78, 5) is 10.3. The van der Waals surface area contributed by atoms with E-state index in [0.717, 1.165) is 13.0 Å². The van der Waals surface area contributed by atoms with Crippen molar-refractivity contribution in [3.63, 3.8) is 0 Å². The van der Waals surface area contributed by atoms with E-state index in [1.807, 2.05) is 0 Å². The van der Waals surface area contributed by atoms with Crippen molar-refractivity contribution < 1.29 is 14.6 Å². The molecule has 2 N–H and O–H groups in total. The van der Waals surface area contributed by atoms with Crippen molar-refractivity contribution in [1.29, 1.82) is 0 Å². The minimum atomic E-state index is -0.936. The van der Waals surface area contributed by atoms with E-state index < -0.39 is 6.09 Å². The molecule has 0 aromatic rings. The molecule has 2 aliphatic rings. The Morgan fingerprint density at radius 3 is 2.60 bits per heavy atom. The highest BCUT2D eigenvalue weighted by Crippen LogP contribution is 2.45. The molecule has 4 nitrogen and oxygen atoms in total. The Hall–Kier alpha value is -0.770. The SMILES string of the molecule is O=C(O)NCC[C@@]1(C2CCCCC2)CO1. The second kappa shape index (κ2) is 4.39. The molecule has 0 unspecified atom stereocenters. The van der Waals surface area contributed by atoms with Crippen LogP contribution in [0.5, 0.6) is 0 Å². The smallest absolute Gasteiger partial charge is 0.404 e. The number of nitrogens with one attached hydrogen (secondary N) is 1. The lowest BCUT2D eigenvalue weighted by molar-refractivity contribution is 0.159. The van der Waals surface area contributed by atoms with Gasteiger partial charge in [-0.1, -0.05) is 19.3 Å². The van der Waals surface area contributed by atoms with Gasteiger partial charge in [0.15, 0.2) is 0 Å². The highest BCUT2D eigenvalue weighted by atomic mass is 16.6. The van der Waals surface area contributed by atoms with Crippen LogP contribution in [0.25, 0.3) is 0 Å². The molecule has 4 heteroatoms. The summed E-state index contributed by atoms with van der Waals surface area (Å²) < 4.78 is 5.58. The van der Waals surface area contributed by atoms with Gasteiger partial charge < -0.3 is 15.2 Å². The van der Waals surface area contributed by atoms with Crippen molar-refractivity contribution in [1.82, 2.24) is 5.32 Å². The average Bonchev–Trinajstić information content (AvgIpc) is 3.00. The molecule has 2 fully saturated rings. The van der Waals surface area contributed by atoms with Gasteiger partial charge in [0.25, 0.3) is 0 Å². The zero-order chi connectivity index (χ0) is 10.7. The van der Waals surface area contributed by atoms with Crippen molar-refractivity contribution in [2.75, 3.05) is 13.2 Å². The first-order valence-corrected chi connectivity index (χ1v) is 5.84. The number of carbonyl (C=O) groups is 1. The van der Waals surface area contributed by atoms with Crippen LogP contribution < -0.4 is 5.32 Å². The third-order valence-corrected chi connectivity index (χ3v) is 3.69. The molecular formula is C11H19NO3. The number of rotatable bonds is 4. The third kappa shape index (κ3) is 2.62. The summed E-state index contributed by atoms with van der Waals surface area (Å²) >= 11 is 0. The normalized spacial score (nSPS) is 31.2. The fourth-order valence-electron chi connectivity index (χ4n) is 2.69. The molecule has 0 radical (unpaired) electrons. The van der Waals surface area contributed by atoms with Crippen LogP contribution in [0.4, 0.5) is 4.79 Å². The first kappa shape index (κ1) is 10.7. The van der Waals surface area contributed by atoms with Crippen LogP contribution in [-0.2, 0) is 4.74 Å². The summed E-state index contributed by atoms with van der Waals surface area (Å²) in [5.41, 5.74) is 0.0306. The summed E-state index contributed by atoms with van der Waals surface area (Å²) in [5, 5.41) is 10.9. The summed E-state index contributed by atoms with van der Waals surface area (Å²) in [6, 6.07) is 0. The predicted octanol–water partition coefficient (Wildman–Crippen LogP) is 1.99. The Morgan fingerprint density at radius 1 is 1.40 bits per heavy atom. The minimum absolute atomic E-state index is 0.0306. The largest absolute Gasteiger partial charge is 0.465 e. The van der Waals surface area contributed by atoms with E-state index in [1.54, 1.807) is 0 Å². The van der Waals surface area contributed by atoms with Crippen molar-refractivity contribution in [3.8, 4) is 0 Å². The van der Waals surface area contributed by atoms with E-state index in [-0.39, 0.29) is 5.60 Å². The minimum Gasteiger partial charge on any atom is -0.465 e. The van der Waals surface area contributed by atoms with Crippen molar-refractivity contribution in [2.24, 2.45) is 5.92 Å². The maximum atomic E-state index is 10.3. The highest BCUT2D eigenvalue weighted by Gasteiger charge is 2.50. The molecule has 0 aromatic heterocycles. The summed E-state index contributed by atoms with van der Waals surface area (Å²) in [6.45, 7) is 1.35. The Balaban J connectivity index is 1.76. The number of hydrogen-bond donors (Lipinski definition) is 2. The van der Waals surface area contributed by atoms with Gasteiger partial charge in [0, 0.05) is 6.54 Å². The molecule has 1 saturated heterocycles. The molecule has 1 atom stereocenters. The van der Waals surface area contributed by atoms with E-state index in [9.17, 15) is 4.79 Å². The molecule has 86 valence electrons. The first-order chi connectivity index (χ1) is 7.23. The van der Waals surface area contributed by atoms with Crippen LogP contribution in [0.3, 0.4) is 0 Å². The molecule has 1 saturated carbocycles. The van der Waals surface area contributed by atoms with E-state index in [4.69, 9.17) is 9.84 Å². The van der Waals surface area contributed by atoms with Crippen LogP contribution in [0.15, 0.2) is 0 Å². The van der Waals surface area contributed by atoms with Gasteiger partial charge in [0.2, 0.25) is 0 Å². The molecule has 0 spiro atoms. The second-order valence-corrected chi connectivity index (χ2v) is 4.67. The topological polar surface area (TPSA) is 61.9 Å². The lowest BCUT2D eigenvalue weighted by Crippen LogP contribution is -2.32. The molecule has 1 heterocycles. The lowest BCUT2D eigenvalue weighted by atomic mass is 9.78. The standard InChI is InChI=1S/C11H19NO3/c13-10(14)12-7-6-11(8-15-11)9-4-2-1-3-5-9/h9,12H,1-8H2,(H,13,14)/t11-/m0/s1. The average molecular weight is 213 g/mol. The summed E-state index contributed by atoms with van der Waals surface area (Å²) in [7, 11) is 0. The highest BCUT2D eigenvalue weighted by molar-refractivity contribution is 5.64. The Labute approximate surface area is 90.0 Å². The maximum absolute atomic E-state index is 10.3. The summed E-state index contributed by atoms with van der Waals surface area (Å²) in [6.07, 6.45) is 6.38. The third-order valence-electron chi connectivity index (χ3n) is 3.69. The molecule has 1 aliphatic carbocycles. The first-order valence-electron chi connectivity index (χ1n) is 5.84. The van der Waals surface area contributed by atoms with Crippen LogP contribution in [0, 0.1) is 5.92 Å². The molecule has 0 aromatic carbocycles. The van der Waals surface area contributed by atoms with Gasteiger partial charge in [-0.15, -0.1) is 0 Å². The van der Waals surface area contributed by atoms with Gasteiger partial charge in [0.1, 0.15) is 0 Å². The van der Waals surface area contributed by atoms with Crippen molar-refractivity contribution in [2.45, 2.75) is 44.1 Å². The van der Waals surface area contributed by atoms with Gasteiger partial charge in [-0.2, -0.15) is 0 Å². The van der Waals surface area contributed by atoms with Gasteiger partial charge in [-0.3, -0.25) is 0 Å². The van der Waals surface area contributed by atoms with Crippen LogP contribution in [-0.4, -0.2) is 30.0 Å². The fraction of sp³-hybridized carbons (Fsp3) is 0.909. The van der Waals surface area contributed by atoms with Crippen molar-refractivity contribution in [3.05, 3.63) is 0 Å². The molecule has 2 rings (SSSR count). The second-order valence-electron chi connectivity index (χ2n) is 4.67. The Morgan fingerprint density at radius 2 is 2.07 bits per heavy atom. The monoisotopic (exact) mass is 213 g/mol. The van der Waals surface area contributed by atoms with Crippen LogP contribution in [0.1, 0.15) is 38.5 Å². The predicted molar refractivity (Wildman–Crippen MR) is 55.9 cm³/mol. The zero-order valence-electron chi connectivity index (χ0n) is 9.00. The number of carboxylic acid groups (broad SMARTS) is 1. The van der Waals surface area contributed by atoms with Crippen LogP contribution in [0.2, 0.25) is 0 Å². The molecule has 1 amide bonds. The van der Waals surface area contributed by atoms with E-state index in [0.29, 0.717) is 12.5 Å². The van der Waals surface area contributed by atoms with E-state index >= 15 is 0 Å². The summed E-state index contributed by atoms with van der Waals surface area (Å²) in [5.74, 6) is 0.668. The number of epoxide rings is 1. The van der Waals surface area contributed by atoms with Crippen molar-refractivity contribution >= 4 is 6.09 Å². The van der Waals surface area contributed by atoms with E-state index in [1.165, 1.54) is 32.1 Å². The van der Waals surface area contributed by atoms with Gasteiger partial charge >= 0.3 is 6.09 Å². The van der Waals surface area contributed by atoms with E-state index in [2.05, 4.69) is 5.32 Å². The number of ether oxygens (including phenoxy) is 1. The van der Waals surface area contributed by atoms with Gasteiger partial charge in [-0.25, -0.2) is 4.79 Å². The lowest BCUT2D eigenvalue weighted by Gasteiger charge is -2.27. The van der Waals surface area contributed by atoms with Gasteiger partial charge in [-0.05, 0) is 25.2 Å². The van der Waals surface area contributed by atoms with Crippen LogP contribution >= 0.6 is 0 Å². The van der Waals surface area contributed by atoms with Gasteiger partial charge in [0.05, 0.1) is 12.2 Å². The Bertz CT molecular complexity index is 232. The molecule has 1 aliphatic heterocycles. The molecule has 0 bridgehead atoms. The Kier molecular flexibility index (Phi) is 3.14. The molecule has 15 heavy (non-hydrogen) atoms. The molecular weight excluding hydrogens is 194 g/mol. The quantitative estimate of drug-likeness (QED) is 0.702. The number of hydrogen-bond acceptors (Lipinski definition) is 2. The fourth-order valence-corrected chi connectivity index (χ4v) is 2.69. The maximum Gasteiger partial charge on any atom is 0.404 e. The number of amides is 1.